The van der Waals surface area contributed by atoms with Gasteiger partial charge in [-0.2, -0.15) is 13.2 Å². The molecule has 2 rings (SSSR count). The molecular formula is C22H29F3O5. The third-order valence-electron chi connectivity index (χ3n) is 5.76. The number of esters is 2. The van der Waals surface area contributed by atoms with Gasteiger partial charge >= 0.3 is 18.1 Å². The average Bonchev–Trinajstić information content (AvgIpc) is 2.61. The van der Waals surface area contributed by atoms with Gasteiger partial charge in [-0.1, -0.05) is 29.9 Å². The van der Waals surface area contributed by atoms with E-state index < -0.39 is 41.8 Å². The smallest absolute Gasteiger partial charge is 0.456 e. The molecule has 1 heterocycles. The average molecular weight is 430 g/mol. The highest BCUT2D eigenvalue weighted by molar-refractivity contribution is 5.89. The predicted octanol–water partition coefficient (Wildman–Crippen LogP) is 4.56. The molecule has 2 bridgehead atoms. The Kier molecular flexibility index (Phi) is 7.55. The quantitative estimate of drug-likeness (QED) is 0.375. The van der Waals surface area contributed by atoms with Gasteiger partial charge in [0.1, 0.15) is 12.2 Å². The lowest BCUT2D eigenvalue weighted by molar-refractivity contribution is -0.209. The summed E-state index contributed by atoms with van der Waals surface area (Å²) in [6, 6.07) is 0. The molecule has 1 aliphatic carbocycles. The number of allylic oxidation sites excluding steroid dienone is 3. The van der Waals surface area contributed by atoms with Gasteiger partial charge in [0, 0.05) is 17.9 Å². The Bertz CT molecular complexity index is 748. The Balaban J connectivity index is 2.42. The maximum Gasteiger partial charge on any atom is 0.490 e. The Morgan fingerprint density at radius 1 is 1.27 bits per heavy atom. The van der Waals surface area contributed by atoms with Gasteiger partial charge < -0.3 is 14.6 Å². The molecule has 5 nitrogen and oxygen atoms in total. The second kappa shape index (κ2) is 9.37. The van der Waals surface area contributed by atoms with E-state index >= 15 is 0 Å². The zero-order valence-corrected chi connectivity index (χ0v) is 17.6. The van der Waals surface area contributed by atoms with Crippen molar-refractivity contribution in [3.05, 3.63) is 35.5 Å². The molecular weight excluding hydrogens is 401 g/mol. The van der Waals surface area contributed by atoms with E-state index in [0.29, 0.717) is 19.3 Å². The first kappa shape index (κ1) is 24.2. The first-order valence-electron chi connectivity index (χ1n) is 10.0. The third kappa shape index (κ3) is 6.20. The molecule has 2 aliphatic rings. The molecule has 0 saturated carbocycles. The first-order valence-corrected chi connectivity index (χ1v) is 10.0. The summed E-state index contributed by atoms with van der Waals surface area (Å²) < 4.78 is 48.7. The fourth-order valence-electron chi connectivity index (χ4n) is 3.83. The topological polar surface area (TPSA) is 72.8 Å². The van der Waals surface area contributed by atoms with E-state index in [9.17, 15) is 27.9 Å². The maximum absolute atomic E-state index is 12.9. The van der Waals surface area contributed by atoms with Crippen LogP contribution in [0.1, 0.15) is 59.3 Å². The van der Waals surface area contributed by atoms with Crippen molar-refractivity contribution in [1.29, 1.82) is 0 Å². The van der Waals surface area contributed by atoms with Crippen LogP contribution in [-0.4, -0.2) is 41.0 Å². The normalized spacial score (nSPS) is 33.5. The van der Waals surface area contributed by atoms with Crippen molar-refractivity contribution >= 4 is 11.9 Å². The van der Waals surface area contributed by atoms with E-state index in [-0.39, 0.29) is 18.4 Å². The molecule has 1 saturated heterocycles. The SMILES string of the molecule is C=C1C(=O)OC2CC1C(OC(=O)C(F)(F)F)C/C(C)=C\CCC(C)=CCCC2(C)O. The second-order valence-corrected chi connectivity index (χ2v) is 8.44. The van der Waals surface area contributed by atoms with Crippen LogP contribution in [0.5, 0.6) is 0 Å². The summed E-state index contributed by atoms with van der Waals surface area (Å²) in [7, 11) is 0. The Morgan fingerprint density at radius 2 is 1.90 bits per heavy atom. The van der Waals surface area contributed by atoms with Crippen molar-refractivity contribution in [1.82, 2.24) is 0 Å². The summed E-state index contributed by atoms with van der Waals surface area (Å²) in [6.07, 6.45) is -1.06. The number of ether oxygens (including phenoxy) is 2. The molecule has 4 atom stereocenters. The molecule has 0 amide bonds. The molecule has 1 N–H and O–H groups in total. The van der Waals surface area contributed by atoms with Crippen LogP contribution < -0.4 is 0 Å². The number of aliphatic hydroxyl groups is 1. The van der Waals surface area contributed by atoms with Crippen LogP contribution in [0, 0.1) is 5.92 Å². The van der Waals surface area contributed by atoms with Gasteiger partial charge in [0.15, 0.2) is 0 Å². The van der Waals surface area contributed by atoms with Crippen LogP contribution in [0.3, 0.4) is 0 Å². The van der Waals surface area contributed by atoms with Crippen molar-refractivity contribution in [2.75, 3.05) is 0 Å². The molecule has 168 valence electrons. The van der Waals surface area contributed by atoms with Gasteiger partial charge in [-0.15, -0.1) is 0 Å². The first-order chi connectivity index (χ1) is 13.8. The fraction of sp³-hybridized carbons (Fsp3) is 0.636. The highest BCUT2D eigenvalue weighted by Gasteiger charge is 2.48. The van der Waals surface area contributed by atoms with Crippen LogP contribution in [0.25, 0.3) is 0 Å². The number of alkyl halides is 3. The highest BCUT2D eigenvalue weighted by atomic mass is 19.4. The largest absolute Gasteiger partial charge is 0.490 e. The van der Waals surface area contributed by atoms with Crippen LogP contribution in [0.15, 0.2) is 35.5 Å². The number of carbonyl (C=O) groups is 2. The molecule has 4 unspecified atom stereocenters. The van der Waals surface area contributed by atoms with Crippen molar-refractivity contribution < 1.29 is 37.3 Å². The third-order valence-corrected chi connectivity index (χ3v) is 5.76. The lowest BCUT2D eigenvalue weighted by Crippen LogP contribution is -2.50. The van der Waals surface area contributed by atoms with Gasteiger partial charge in [-0.05, 0) is 52.9 Å². The monoisotopic (exact) mass is 430 g/mol. The van der Waals surface area contributed by atoms with E-state index in [1.807, 2.05) is 19.1 Å². The van der Waals surface area contributed by atoms with Crippen LogP contribution in [-0.2, 0) is 19.1 Å². The summed E-state index contributed by atoms with van der Waals surface area (Å²) in [5.74, 6) is -4.00. The number of fused-ring (bicyclic) bond motifs is 2. The molecule has 0 radical (unpaired) electrons. The van der Waals surface area contributed by atoms with Crippen LogP contribution >= 0.6 is 0 Å². The highest BCUT2D eigenvalue weighted by Crippen LogP contribution is 2.38. The van der Waals surface area contributed by atoms with Crippen molar-refractivity contribution in [3.8, 4) is 0 Å². The van der Waals surface area contributed by atoms with E-state index in [4.69, 9.17) is 9.47 Å². The zero-order valence-electron chi connectivity index (χ0n) is 17.6. The van der Waals surface area contributed by atoms with Crippen molar-refractivity contribution in [2.45, 2.75) is 83.3 Å². The standard InChI is InChI=1S/C22H29F3O5/c1-13-7-5-8-14(2)11-17(29-20(27)22(23,24)25)16-12-18(30-19(26)15(16)3)21(4,28)10-6-9-13/h8-9,16-18,28H,3,5-7,10-12H2,1-2,4H3/b13-9?,14-8-. The second-order valence-electron chi connectivity index (χ2n) is 8.44. The minimum absolute atomic E-state index is 0.0172. The van der Waals surface area contributed by atoms with Gasteiger partial charge in [0.25, 0.3) is 0 Å². The van der Waals surface area contributed by atoms with Gasteiger partial charge in [-0.3, -0.25) is 0 Å². The van der Waals surface area contributed by atoms with Gasteiger partial charge in [0.2, 0.25) is 0 Å². The van der Waals surface area contributed by atoms with E-state index in [0.717, 1.165) is 17.6 Å². The number of hydrogen-bond acceptors (Lipinski definition) is 5. The number of carbonyl (C=O) groups excluding carboxylic acids is 2. The molecule has 0 aromatic carbocycles. The summed E-state index contributed by atoms with van der Waals surface area (Å²) in [4.78, 5) is 23.9. The summed E-state index contributed by atoms with van der Waals surface area (Å²) in [5.41, 5.74) is 0.422. The zero-order chi connectivity index (χ0) is 22.7. The molecule has 0 aromatic heterocycles. The summed E-state index contributed by atoms with van der Waals surface area (Å²) >= 11 is 0. The lowest BCUT2D eigenvalue weighted by Gasteiger charge is -2.41. The summed E-state index contributed by atoms with van der Waals surface area (Å²) in [5, 5.41) is 10.9. The number of halogens is 3. The minimum Gasteiger partial charge on any atom is -0.456 e. The minimum atomic E-state index is -5.15. The van der Waals surface area contributed by atoms with Gasteiger partial charge in [0.05, 0.1) is 5.60 Å². The molecule has 1 aliphatic heterocycles. The van der Waals surface area contributed by atoms with E-state index in [2.05, 4.69) is 6.58 Å². The van der Waals surface area contributed by atoms with E-state index in [1.165, 1.54) is 6.92 Å². The molecule has 30 heavy (non-hydrogen) atoms. The van der Waals surface area contributed by atoms with E-state index in [1.54, 1.807) is 6.92 Å². The Labute approximate surface area is 174 Å². The maximum atomic E-state index is 12.9. The lowest BCUT2D eigenvalue weighted by atomic mass is 9.78. The predicted molar refractivity (Wildman–Crippen MR) is 104 cm³/mol. The van der Waals surface area contributed by atoms with Crippen molar-refractivity contribution in [2.24, 2.45) is 5.92 Å². The molecule has 0 aromatic rings. The van der Waals surface area contributed by atoms with Gasteiger partial charge in [-0.25, -0.2) is 9.59 Å². The molecule has 0 spiro atoms. The van der Waals surface area contributed by atoms with Crippen molar-refractivity contribution in [3.63, 3.8) is 0 Å². The molecule has 8 heteroatoms. The number of rotatable bonds is 1. The number of hydrogen-bond donors (Lipinski definition) is 1. The summed E-state index contributed by atoms with van der Waals surface area (Å²) in [6.45, 7) is 8.91. The Morgan fingerprint density at radius 3 is 2.53 bits per heavy atom. The Hall–Kier alpha value is -2.09. The van der Waals surface area contributed by atoms with Crippen LogP contribution in [0.2, 0.25) is 0 Å². The molecule has 1 fully saturated rings. The van der Waals surface area contributed by atoms with Crippen LogP contribution in [0.4, 0.5) is 13.2 Å². The fourth-order valence-corrected chi connectivity index (χ4v) is 3.83.